The second-order valence-electron chi connectivity index (χ2n) is 6.24. The molecule has 0 aromatic heterocycles. The highest BCUT2D eigenvalue weighted by molar-refractivity contribution is 5.96. The molecule has 25 heavy (non-hydrogen) atoms. The number of nitrogens with one attached hydrogen (secondary N) is 2. The fourth-order valence-electron chi connectivity index (χ4n) is 2.66. The lowest BCUT2D eigenvalue weighted by atomic mass is 10.1. The summed E-state index contributed by atoms with van der Waals surface area (Å²) in [7, 11) is 2.92. The van der Waals surface area contributed by atoms with Crippen LogP contribution in [0, 0.1) is 20.8 Å². The van der Waals surface area contributed by atoms with Crippen LogP contribution in [-0.2, 0) is 19.1 Å². The van der Waals surface area contributed by atoms with Gasteiger partial charge in [-0.05, 0) is 38.8 Å². The maximum atomic E-state index is 12.3. The summed E-state index contributed by atoms with van der Waals surface area (Å²) in [6, 6.07) is 3.25. The molecule has 0 spiro atoms. The SMILES string of the molecule is COCC(=O)NC(C)C(=O)N(C)CC(=O)Nc1c(C)cc(C)cc1C. The minimum Gasteiger partial charge on any atom is -0.375 e. The zero-order valence-electron chi connectivity index (χ0n) is 15.7. The van der Waals surface area contributed by atoms with E-state index in [1.165, 1.54) is 19.1 Å². The molecule has 0 aliphatic rings. The van der Waals surface area contributed by atoms with Crippen LogP contribution in [-0.4, -0.2) is 56.0 Å². The zero-order valence-corrected chi connectivity index (χ0v) is 15.7. The fourth-order valence-corrected chi connectivity index (χ4v) is 2.66. The molecule has 138 valence electrons. The van der Waals surface area contributed by atoms with E-state index in [1.54, 1.807) is 6.92 Å². The van der Waals surface area contributed by atoms with Crippen LogP contribution in [0.15, 0.2) is 12.1 Å². The lowest BCUT2D eigenvalue weighted by Crippen LogP contribution is -2.48. The third kappa shape index (κ3) is 6.19. The maximum Gasteiger partial charge on any atom is 0.246 e. The topological polar surface area (TPSA) is 87.7 Å². The van der Waals surface area contributed by atoms with E-state index in [0.717, 1.165) is 22.4 Å². The van der Waals surface area contributed by atoms with Crippen molar-refractivity contribution in [2.24, 2.45) is 0 Å². The predicted molar refractivity (Wildman–Crippen MR) is 96.4 cm³/mol. The number of nitrogens with zero attached hydrogens (tertiary/aromatic N) is 1. The first-order valence-electron chi connectivity index (χ1n) is 8.06. The van der Waals surface area contributed by atoms with E-state index in [4.69, 9.17) is 4.74 Å². The second kappa shape index (κ2) is 9.17. The summed E-state index contributed by atoms with van der Waals surface area (Å²) >= 11 is 0. The lowest BCUT2D eigenvalue weighted by molar-refractivity contribution is -0.137. The molecular weight excluding hydrogens is 322 g/mol. The van der Waals surface area contributed by atoms with E-state index in [2.05, 4.69) is 10.6 Å². The minimum absolute atomic E-state index is 0.101. The molecule has 1 rings (SSSR count). The monoisotopic (exact) mass is 349 g/mol. The first kappa shape index (κ1) is 20.6. The van der Waals surface area contributed by atoms with Gasteiger partial charge < -0.3 is 20.3 Å². The molecular formula is C18H27N3O4. The van der Waals surface area contributed by atoms with Gasteiger partial charge in [0.2, 0.25) is 17.7 Å². The summed E-state index contributed by atoms with van der Waals surface area (Å²) in [6.07, 6.45) is 0. The van der Waals surface area contributed by atoms with Crippen LogP contribution in [0.25, 0.3) is 0 Å². The van der Waals surface area contributed by atoms with E-state index in [-0.39, 0.29) is 30.9 Å². The van der Waals surface area contributed by atoms with E-state index in [9.17, 15) is 14.4 Å². The number of carbonyl (C=O) groups excluding carboxylic acids is 3. The van der Waals surface area contributed by atoms with Gasteiger partial charge in [-0.15, -0.1) is 0 Å². The Morgan fingerprint density at radius 3 is 2.20 bits per heavy atom. The molecule has 0 saturated carbocycles. The number of rotatable bonds is 7. The molecule has 0 radical (unpaired) electrons. The summed E-state index contributed by atoms with van der Waals surface area (Å²) in [5.41, 5.74) is 3.83. The third-order valence-corrected chi connectivity index (χ3v) is 3.72. The number of methoxy groups -OCH3 is 1. The molecule has 3 amide bonds. The van der Waals surface area contributed by atoms with E-state index in [0.29, 0.717) is 0 Å². The van der Waals surface area contributed by atoms with Crippen LogP contribution in [0.3, 0.4) is 0 Å². The Morgan fingerprint density at radius 1 is 1.12 bits per heavy atom. The molecule has 7 heteroatoms. The number of hydrogen-bond acceptors (Lipinski definition) is 4. The van der Waals surface area contributed by atoms with Gasteiger partial charge in [0.15, 0.2) is 0 Å². The van der Waals surface area contributed by atoms with Gasteiger partial charge in [0.25, 0.3) is 0 Å². The number of aryl methyl sites for hydroxylation is 3. The largest absolute Gasteiger partial charge is 0.375 e. The van der Waals surface area contributed by atoms with E-state index in [1.807, 2.05) is 32.9 Å². The smallest absolute Gasteiger partial charge is 0.246 e. The molecule has 0 aliphatic carbocycles. The highest BCUT2D eigenvalue weighted by atomic mass is 16.5. The predicted octanol–water partition coefficient (Wildman–Crippen LogP) is 1.16. The van der Waals surface area contributed by atoms with Gasteiger partial charge in [-0.2, -0.15) is 0 Å². The number of hydrogen-bond donors (Lipinski definition) is 2. The Bertz CT molecular complexity index is 635. The lowest BCUT2D eigenvalue weighted by Gasteiger charge is -2.22. The summed E-state index contributed by atoms with van der Waals surface area (Å²) in [6.45, 7) is 7.20. The Balaban J connectivity index is 2.64. The summed E-state index contributed by atoms with van der Waals surface area (Å²) in [5, 5.41) is 5.37. The van der Waals surface area contributed by atoms with Gasteiger partial charge in [0.05, 0.1) is 6.54 Å². The van der Waals surface area contributed by atoms with Crippen molar-refractivity contribution in [2.75, 3.05) is 32.6 Å². The van der Waals surface area contributed by atoms with Crippen molar-refractivity contribution in [1.29, 1.82) is 0 Å². The summed E-state index contributed by atoms with van der Waals surface area (Å²) in [5.74, 6) is -1.02. The van der Waals surface area contributed by atoms with Crippen molar-refractivity contribution in [3.8, 4) is 0 Å². The van der Waals surface area contributed by atoms with Gasteiger partial charge in [-0.3, -0.25) is 14.4 Å². The standard InChI is InChI=1S/C18H27N3O4/c1-11-7-12(2)17(13(3)8-11)20-15(22)9-21(5)18(24)14(4)19-16(23)10-25-6/h7-8,14H,9-10H2,1-6H3,(H,19,23)(H,20,22). The van der Waals surface area contributed by atoms with Crippen LogP contribution in [0.1, 0.15) is 23.6 Å². The van der Waals surface area contributed by atoms with E-state index < -0.39 is 6.04 Å². The number of likely N-dealkylation sites (N-methyl/N-ethyl adjacent to an activating group) is 1. The number of carbonyl (C=O) groups is 3. The number of amides is 3. The average Bonchev–Trinajstić information content (AvgIpc) is 2.50. The number of anilines is 1. The van der Waals surface area contributed by atoms with Gasteiger partial charge in [-0.25, -0.2) is 0 Å². The van der Waals surface area contributed by atoms with Gasteiger partial charge >= 0.3 is 0 Å². The molecule has 0 aliphatic heterocycles. The summed E-state index contributed by atoms with van der Waals surface area (Å²) < 4.78 is 4.71. The zero-order chi connectivity index (χ0) is 19.1. The van der Waals surface area contributed by atoms with Crippen LogP contribution >= 0.6 is 0 Å². The van der Waals surface area contributed by atoms with Crippen LogP contribution in [0.2, 0.25) is 0 Å². The molecule has 1 atom stereocenters. The minimum atomic E-state index is -0.733. The Kier molecular flexibility index (Phi) is 7.57. The van der Waals surface area contributed by atoms with Gasteiger partial charge in [0, 0.05) is 19.8 Å². The molecule has 0 heterocycles. The molecule has 1 aromatic carbocycles. The van der Waals surface area contributed by atoms with Crippen LogP contribution in [0.5, 0.6) is 0 Å². The van der Waals surface area contributed by atoms with Crippen LogP contribution in [0.4, 0.5) is 5.69 Å². The Morgan fingerprint density at radius 2 is 1.68 bits per heavy atom. The molecule has 2 N–H and O–H groups in total. The third-order valence-electron chi connectivity index (χ3n) is 3.72. The molecule has 1 aromatic rings. The molecule has 1 unspecified atom stereocenters. The Labute approximate surface area is 148 Å². The highest BCUT2D eigenvalue weighted by Gasteiger charge is 2.21. The molecule has 0 bridgehead atoms. The van der Waals surface area contributed by atoms with Crippen molar-refractivity contribution >= 4 is 23.4 Å². The van der Waals surface area contributed by atoms with Gasteiger partial charge in [-0.1, -0.05) is 17.7 Å². The summed E-state index contributed by atoms with van der Waals surface area (Å²) in [4.78, 5) is 37.2. The van der Waals surface area contributed by atoms with E-state index >= 15 is 0 Å². The molecule has 0 fully saturated rings. The van der Waals surface area contributed by atoms with Crippen molar-refractivity contribution in [2.45, 2.75) is 33.7 Å². The first-order chi connectivity index (χ1) is 11.6. The number of ether oxygens (including phenoxy) is 1. The first-order valence-corrected chi connectivity index (χ1v) is 8.06. The van der Waals surface area contributed by atoms with Crippen molar-refractivity contribution in [1.82, 2.24) is 10.2 Å². The molecule has 0 saturated heterocycles. The second-order valence-corrected chi connectivity index (χ2v) is 6.24. The van der Waals surface area contributed by atoms with Crippen molar-refractivity contribution in [3.05, 3.63) is 28.8 Å². The normalized spacial score (nSPS) is 11.6. The van der Waals surface area contributed by atoms with Crippen LogP contribution < -0.4 is 10.6 Å². The quantitative estimate of drug-likeness (QED) is 0.773. The fraction of sp³-hybridized carbons (Fsp3) is 0.500. The molecule has 7 nitrogen and oxygen atoms in total. The average molecular weight is 349 g/mol. The van der Waals surface area contributed by atoms with Gasteiger partial charge in [0.1, 0.15) is 12.6 Å². The Hall–Kier alpha value is -2.41. The highest BCUT2D eigenvalue weighted by Crippen LogP contribution is 2.21. The number of benzene rings is 1. The van der Waals surface area contributed by atoms with Crippen molar-refractivity contribution in [3.63, 3.8) is 0 Å². The van der Waals surface area contributed by atoms with Crippen molar-refractivity contribution < 1.29 is 19.1 Å². The maximum absolute atomic E-state index is 12.3.